The second-order valence-corrected chi connectivity index (χ2v) is 5.04. The monoisotopic (exact) mass is 237 g/mol. The highest BCUT2D eigenvalue weighted by molar-refractivity contribution is 6.07. The van der Waals surface area contributed by atoms with Crippen molar-refractivity contribution < 1.29 is 9.32 Å². The Morgan fingerprint density at radius 3 is 2.89 bits per heavy atom. The molecule has 1 aromatic heterocycles. The van der Waals surface area contributed by atoms with Crippen LogP contribution in [0, 0.1) is 5.41 Å². The van der Waals surface area contributed by atoms with Crippen LogP contribution in [0.1, 0.15) is 27.2 Å². The molecule has 2 aromatic rings. The van der Waals surface area contributed by atoms with Crippen LogP contribution in [0.5, 0.6) is 0 Å². The number of aromatic nitrogens is 1. The smallest absolute Gasteiger partial charge is 0.173 e. The van der Waals surface area contributed by atoms with Gasteiger partial charge in [-0.25, -0.2) is 0 Å². The van der Waals surface area contributed by atoms with E-state index in [9.17, 15) is 4.79 Å². The van der Waals surface area contributed by atoms with E-state index in [1.807, 2.05) is 36.4 Å². The SMILES string of the molecule is O=C1c2ccccc2CC12C=Cc1oncc1C2. The van der Waals surface area contributed by atoms with Gasteiger partial charge in [0.05, 0.1) is 11.6 Å². The van der Waals surface area contributed by atoms with Gasteiger partial charge in [0.25, 0.3) is 0 Å². The third-order valence-corrected chi connectivity index (χ3v) is 3.96. The summed E-state index contributed by atoms with van der Waals surface area (Å²) in [6.07, 6.45) is 7.06. The summed E-state index contributed by atoms with van der Waals surface area (Å²) in [5.74, 6) is 1.01. The average Bonchev–Trinajstić information content (AvgIpc) is 2.95. The van der Waals surface area contributed by atoms with Crippen molar-refractivity contribution in [2.45, 2.75) is 12.8 Å². The fraction of sp³-hybridized carbons (Fsp3) is 0.200. The molecule has 1 unspecified atom stereocenters. The van der Waals surface area contributed by atoms with Crippen LogP contribution >= 0.6 is 0 Å². The topological polar surface area (TPSA) is 43.1 Å². The van der Waals surface area contributed by atoms with Crippen LogP contribution in [0.3, 0.4) is 0 Å². The number of hydrogen-bond donors (Lipinski definition) is 0. The van der Waals surface area contributed by atoms with E-state index in [1.165, 1.54) is 0 Å². The maximum Gasteiger partial charge on any atom is 0.173 e. The van der Waals surface area contributed by atoms with Gasteiger partial charge in [0.2, 0.25) is 0 Å². The molecule has 0 aliphatic heterocycles. The van der Waals surface area contributed by atoms with Crippen molar-refractivity contribution in [3.05, 3.63) is 59.0 Å². The van der Waals surface area contributed by atoms with Crippen molar-refractivity contribution in [3.63, 3.8) is 0 Å². The number of allylic oxidation sites excluding steroid dienone is 1. The maximum absolute atomic E-state index is 12.6. The number of hydrogen-bond acceptors (Lipinski definition) is 3. The number of benzene rings is 1. The summed E-state index contributed by atoms with van der Waals surface area (Å²) in [4.78, 5) is 12.6. The minimum absolute atomic E-state index is 0.223. The summed E-state index contributed by atoms with van der Waals surface area (Å²) in [5, 5.41) is 3.79. The first-order valence-corrected chi connectivity index (χ1v) is 6.04. The highest BCUT2D eigenvalue weighted by Crippen LogP contribution is 2.43. The van der Waals surface area contributed by atoms with Crippen LogP contribution in [0.15, 0.2) is 41.1 Å². The van der Waals surface area contributed by atoms with Crippen molar-refractivity contribution in [3.8, 4) is 0 Å². The van der Waals surface area contributed by atoms with Crippen LogP contribution in [0.2, 0.25) is 0 Å². The van der Waals surface area contributed by atoms with Crippen molar-refractivity contribution in [1.82, 2.24) is 5.16 Å². The van der Waals surface area contributed by atoms with E-state index in [-0.39, 0.29) is 5.78 Å². The highest BCUT2D eigenvalue weighted by atomic mass is 16.5. The summed E-state index contributed by atoms with van der Waals surface area (Å²) in [5.41, 5.74) is 2.62. The van der Waals surface area contributed by atoms with Gasteiger partial charge in [0, 0.05) is 11.1 Å². The number of carbonyl (C=O) groups is 1. The number of fused-ring (bicyclic) bond motifs is 2. The van der Waals surface area contributed by atoms with Crippen LogP contribution in [-0.4, -0.2) is 10.9 Å². The third-order valence-electron chi connectivity index (χ3n) is 3.96. The van der Waals surface area contributed by atoms with Gasteiger partial charge in [-0.05, 0) is 24.5 Å². The van der Waals surface area contributed by atoms with Crippen LogP contribution in [-0.2, 0) is 12.8 Å². The van der Waals surface area contributed by atoms with E-state index in [0.29, 0.717) is 6.42 Å². The maximum atomic E-state index is 12.6. The second kappa shape index (κ2) is 3.19. The Hall–Kier alpha value is -2.16. The molecule has 2 aliphatic rings. The predicted molar refractivity (Wildman–Crippen MR) is 66.2 cm³/mol. The van der Waals surface area contributed by atoms with Gasteiger partial charge in [-0.1, -0.05) is 35.5 Å². The van der Waals surface area contributed by atoms with Crippen molar-refractivity contribution in [2.24, 2.45) is 5.41 Å². The molecule has 0 saturated carbocycles. The Kier molecular flexibility index (Phi) is 1.74. The van der Waals surface area contributed by atoms with Crippen molar-refractivity contribution >= 4 is 11.9 Å². The molecule has 3 heteroatoms. The molecular weight excluding hydrogens is 226 g/mol. The molecule has 2 aliphatic carbocycles. The molecule has 18 heavy (non-hydrogen) atoms. The summed E-state index contributed by atoms with van der Waals surface area (Å²) in [6, 6.07) is 7.87. The molecule has 1 atom stereocenters. The van der Waals surface area contributed by atoms with E-state index in [2.05, 4.69) is 5.16 Å². The molecule has 88 valence electrons. The normalized spacial score (nSPS) is 24.3. The molecule has 0 N–H and O–H groups in total. The van der Waals surface area contributed by atoms with Gasteiger partial charge in [-0.15, -0.1) is 0 Å². The first-order chi connectivity index (χ1) is 8.78. The summed E-state index contributed by atoms with van der Waals surface area (Å²) in [7, 11) is 0. The van der Waals surface area contributed by atoms with Gasteiger partial charge in [-0.3, -0.25) is 4.79 Å². The molecule has 1 spiro atoms. The van der Waals surface area contributed by atoms with E-state index in [1.54, 1.807) is 6.20 Å². The minimum atomic E-state index is -0.414. The first-order valence-electron chi connectivity index (χ1n) is 6.04. The zero-order valence-electron chi connectivity index (χ0n) is 9.72. The lowest BCUT2D eigenvalue weighted by atomic mass is 9.75. The Morgan fingerprint density at radius 2 is 2.00 bits per heavy atom. The lowest BCUT2D eigenvalue weighted by molar-refractivity contribution is 0.0873. The largest absolute Gasteiger partial charge is 0.357 e. The molecule has 4 rings (SSSR count). The summed E-state index contributed by atoms with van der Waals surface area (Å²) in [6.45, 7) is 0. The average molecular weight is 237 g/mol. The van der Waals surface area contributed by atoms with Gasteiger partial charge >= 0.3 is 0 Å². The van der Waals surface area contributed by atoms with Gasteiger partial charge in [-0.2, -0.15) is 0 Å². The van der Waals surface area contributed by atoms with Crippen molar-refractivity contribution in [2.75, 3.05) is 0 Å². The molecule has 0 bridgehead atoms. The van der Waals surface area contributed by atoms with E-state index in [4.69, 9.17) is 4.52 Å². The van der Waals surface area contributed by atoms with E-state index >= 15 is 0 Å². The number of rotatable bonds is 0. The van der Waals surface area contributed by atoms with E-state index < -0.39 is 5.41 Å². The lowest BCUT2D eigenvalue weighted by Gasteiger charge is -2.25. The predicted octanol–water partition coefficient (Wildman–Crippen LogP) is 2.67. The molecule has 1 heterocycles. The molecule has 3 nitrogen and oxygen atoms in total. The summed E-state index contributed by atoms with van der Waals surface area (Å²) >= 11 is 0. The van der Waals surface area contributed by atoms with Crippen molar-refractivity contribution in [1.29, 1.82) is 0 Å². The van der Waals surface area contributed by atoms with Crippen LogP contribution in [0.25, 0.3) is 6.08 Å². The lowest BCUT2D eigenvalue weighted by Crippen LogP contribution is -2.30. The second-order valence-electron chi connectivity index (χ2n) is 5.04. The number of ketones is 1. The Morgan fingerprint density at radius 1 is 1.17 bits per heavy atom. The molecular formula is C15H11NO2. The third kappa shape index (κ3) is 1.13. The fourth-order valence-corrected chi connectivity index (χ4v) is 3.03. The summed E-state index contributed by atoms with van der Waals surface area (Å²) < 4.78 is 5.12. The zero-order chi connectivity index (χ0) is 12.2. The fourth-order valence-electron chi connectivity index (χ4n) is 3.03. The molecule has 0 fully saturated rings. The minimum Gasteiger partial charge on any atom is -0.357 e. The standard InChI is InChI=1S/C15H11NO2/c17-14-12-4-2-1-3-10(12)7-15(14)6-5-13-11(8-15)9-16-18-13/h1-6,9H,7-8H2. The van der Waals surface area contributed by atoms with Gasteiger partial charge < -0.3 is 4.52 Å². The Balaban J connectivity index is 1.83. The number of carbonyl (C=O) groups excluding carboxylic acids is 1. The van der Waals surface area contributed by atoms with Crippen LogP contribution in [0.4, 0.5) is 0 Å². The highest BCUT2D eigenvalue weighted by Gasteiger charge is 2.45. The number of nitrogens with zero attached hydrogens (tertiary/aromatic N) is 1. The van der Waals surface area contributed by atoms with Gasteiger partial charge in [0.15, 0.2) is 11.5 Å². The first kappa shape index (κ1) is 9.83. The van der Waals surface area contributed by atoms with Gasteiger partial charge in [0.1, 0.15) is 0 Å². The molecule has 0 saturated heterocycles. The van der Waals surface area contributed by atoms with E-state index in [0.717, 1.165) is 28.9 Å². The molecule has 0 radical (unpaired) electrons. The number of Topliss-reactive ketones (excluding diaryl/α,β-unsaturated/α-hetero) is 1. The quantitative estimate of drug-likeness (QED) is 0.707. The zero-order valence-corrected chi connectivity index (χ0v) is 9.72. The Labute approximate surface area is 104 Å². The molecule has 1 aromatic carbocycles. The van der Waals surface area contributed by atoms with Crippen LogP contribution < -0.4 is 0 Å². The molecule has 0 amide bonds. The Bertz CT molecular complexity index is 683.